The van der Waals surface area contributed by atoms with Crippen LogP contribution in [-0.2, 0) is 6.42 Å². The summed E-state index contributed by atoms with van der Waals surface area (Å²) in [5.41, 5.74) is 2.95. The van der Waals surface area contributed by atoms with Gasteiger partial charge >= 0.3 is 0 Å². The molecular formula is C13H17NO2. The Morgan fingerprint density at radius 2 is 2.19 bits per heavy atom. The molecule has 1 heterocycles. The molecule has 86 valence electrons. The fourth-order valence-corrected chi connectivity index (χ4v) is 1.67. The fourth-order valence-electron chi connectivity index (χ4n) is 1.67. The summed E-state index contributed by atoms with van der Waals surface area (Å²) in [5, 5.41) is 8.78. The molecule has 0 saturated carbocycles. The molecular weight excluding hydrogens is 202 g/mol. The third kappa shape index (κ3) is 2.25. The number of aliphatic hydroxyl groups is 1. The number of aryl methyl sites for hydroxylation is 1. The zero-order chi connectivity index (χ0) is 11.5. The van der Waals surface area contributed by atoms with Gasteiger partial charge in [-0.15, -0.1) is 0 Å². The van der Waals surface area contributed by atoms with E-state index in [2.05, 4.69) is 18.8 Å². The number of aliphatic hydroxyl groups excluding tert-OH is 1. The third-order valence-electron chi connectivity index (χ3n) is 2.59. The van der Waals surface area contributed by atoms with Gasteiger partial charge in [-0.2, -0.15) is 0 Å². The van der Waals surface area contributed by atoms with Crippen molar-refractivity contribution in [3.63, 3.8) is 0 Å². The Hall–Kier alpha value is -1.35. The van der Waals surface area contributed by atoms with Crippen LogP contribution in [0.5, 0.6) is 0 Å². The number of fused-ring (bicyclic) bond motifs is 1. The summed E-state index contributed by atoms with van der Waals surface area (Å²) >= 11 is 0. The molecule has 0 aliphatic heterocycles. The number of nitrogens with zero attached hydrogens (tertiary/aromatic N) is 1. The lowest BCUT2D eigenvalue weighted by Crippen LogP contribution is -1.88. The highest BCUT2D eigenvalue weighted by Crippen LogP contribution is 2.22. The molecule has 2 aromatic rings. The maximum absolute atomic E-state index is 8.78. The first-order chi connectivity index (χ1) is 7.70. The minimum Gasteiger partial charge on any atom is -0.440 e. The Kier molecular flexibility index (Phi) is 3.25. The first-order valence-electron chi connectivity index (χ1n) is 5.71. The minimum absolute atomic E-state index is 0.228. The Bertz CT molecular complexity index is 474. The number of oxazole rings is 1. The van der Waals surface area contributed by atoms with E-state index in [1.807, 2.05) is 18.2 Å². The van der Waals surface area contributed by atoms with Crippen LogP contribution >= 0.6 is 0 Å². The summed E-state index contributed by atoms with van der Waals surface area (Å²) in [4.78, 5) is 4.42. The van der Waals surface area contributed by atoms with Crippen molar-refractivity contribution in [2.24, 2.45) is 0 Å². The van der Waals surface area contributed by atoms with Gasteiger partial charge in [-0.1, -0.05) is 19.9 Å². The molecule has 1 aromatic carbocycles. The summed E-state index contributed by atoms with van der Waals surface area (Å²) in [6.07, 6.45) is 1.67. The molecule has 1 N–H and O–H groups in total. The highest BCUT2D eigenvalue weighted by molar-refractivity contribution is 5.73. The van der Waals surface area contributed by atoms with Crippen molar-refractivity contribution in [1.82, 2.24) is 4.98 Å². The normalized spacial score (nSPS) is 11.5. The van der Waals surface area contributed by atoms with Crippen LogP contribution in [-0.4, -0.2) is 16.7 Å². The van der Waals surface area contributed by atoms with Gasteiger partial charge in [0, 0.05) is 12.5 Å². The van der Waals surface area contributed by atoms with Crippen molar-refractivity contribution in [2.75, 3.05) is 6.61 Å². The number of hydrogen-bond acceptors (Lipinski definition) is 3. The molecule has 3 nitrogen and oxygen atoms in total. The van der Waals surface area contributed by atoms with Crippen LogP contribution in [0.15, 0.2) is 22.6 Å². The molecule has 0 saturated heterocycles. The van der Waals surface area contributed by atoms with E-state index in [-0.39, 0.29) is 6.61 Å². The van der Waals surface area contributed by atoms with Crippen molar-refractivity contribution < 1.29 is 9.52 Å². The topological polar surface area (TPSA) is 46.3 Å². The molecule has 16 heavy (non-hydrogen) atoms. The zero-order valence-electron chi connectivity index (χ0n) is 9.73. The van der Waals surface area contributed by atoms with E-state index >= 15 is 0 Å². The van der Waals surface area contributed by atoms with Gasteiger partial charge in [0.25, 0.3) is 0 Å². The van der Waals surface area contributed by atoms with Gasteiger partial charge in [-0.25, -0.2) is 4.98 Å². The summed E-state index contributed by atoms with van der Waals surface area (Å²) in [5.74, 6) is 1.10. The molecule has 0 aliphatic carbocycles. The van der Waals surface area contributed by atoms with Crippen LogP contribution in [0, 0.1) is 0 Å². The predicted octanol–water partition coefficient (Wildman–Crippen LogP) is 2.88. The maximum Gasteiger partial charge on any atom is 0.198 e. The van der Waals surface area contributed by atoms with E-state index < -0.39 is 0 Å². The molecule has 0 unspecified atom stereocenters. The standard InChI is InChI=1S/C13H17NO2/c1-9(2)13-14-11-6-5-10(4-3-7-15)8-12(11)16-13/h5-6,8-9,15H,3-4,7H2,1-2H3. The van der Waals surface area contributed by atoms with Crippen molar-refractivity contribution in [3.05, 3.63) is 29.7 Å². The summed E-state index contributed by atoms with van der Waals surface area (Å²) in [7, 11) is 0. The molecule has 0 amide bonds. The molecule has 0 aliphatic rings. The number of rotatable bonds is 4. The van der Waals surface area contributed by atoms with Crippen molar-refractivity contribution in [2.45, 2.75) is 32.6 Å². The zero-order valence-corrected chi connectivity index (χ0v) is 9.73. The largest absolute Gasteiger partial charge is 0.440 e. The first-order valence-corrected chi connectivity index (χ1v) is 5.71. The maximum atomic E-state index is 8.78. The van der Waals surface area contributed by atoms with Crippen LogP contribution < -0.4 is 0 Å². The Balaban J connectivity index is 2.30. The fraction of sp³-hybridized carbons (Fsp3) is 0.462. The van der Waals surface area contributed by atoms with Crippen LogP contribution in [0.4, 0.5) is 0 Å². The van der Waals surface area contributed by atoms with E-state index in [4.69, 9.17) is 9.52 Å². The summed E-state index contributed by atoms with van der Waals surface area (Å²) in [6, 6.07) is 6.05. The van der Waals surface area contributed by atoms with Crippen LogP contribution in [0.25, 0.3) is 11.1 Å². The lowest BCUT2D eigenvalue weighted by molar-refractivity contribution is 0.288. The predicted molar refractivity (Wildman–Crippen MR) is 63.5 cm³/mol. The summed E-state index contributed by atoms with van der Waals surface area (Å²) in [6.45, 7) is 4.36. The van der Waals surface area contributed by atoms with Gasteiger partial charge in [-0.05, 0) is 30.5 Å². The molecule has 2 rings (SSSR count). The molecule has 0 bridgehead atoms. The second-order valence-corrected chi connectivity index (χ2v) is 4.34. The molecule has 0 radical (unpaired) electrons. The highest BCUT2D eigenvalue weighted by Gasteiger charge is 2.09. The van der Waals surface area contributed by atoms with Crippen LogP contribution in [0.1, 0.15) is 37.6 Å². The lowest BCUT2D eigenvalue weighted by atomic mass is 10.1. The van der Waals surface area contributed by atoms with E-state index in [1.54, 1.807) is 0 Å². The van der Waals surface area contributed by atoms with E-state index in [9.17, 15) is 0 Å². The smallest absolute Gasteiger partial charge is 0.198 e. The van der Waals surface area contributed by atoms with Gasteiger partial charge in [0.1, 0.15) is 5.52 Å². The minimum atomic E-state index is 0.228. The number of aromatic nitrogens is 1. The average molecular weight is 219 g/mol. The second kappa shape index (κ2) is 4.66. The van der Waals surface area contributed by atoms with Gasteiger partial charge in [0.2, 0.25) is 0 Å². The first kappa shape index (κ1) is 11.1. The van der Waals surface area contributed by atoms with E-state index in [0.717, 1.165) is 29.8 Å². The second-order valence-electron chi connectivity index (χ2n) is 4.34. The van der Waals surface area contributed by atoms with Crippen LogP contribution in [0.3, 0.4) is 0 Å². The quantitative estimate of drug-likeness (QED) is 0.860. The van der Waals surface area contributed by atoms with Gasteiger partial charge in [0.15, 0.2) is 11.5 Å². The lowest BCUT2D eigenvalue weighted by Gasteiger charge is -1.97. The Morgan fingerprint density at radius 3 is 2.88 bits per heavy atom. The van der Waals surface area contributed by atoms with E-state index in [1.165, 1.54) is 5.56 Å². The van der Waals surface area contributed by atoms with Crippen molar-refractivity contribution >= 4 is 11.1 Å². The molecule has 0 spiro atoms. The SMILES string of the molecule is CC(C)c1nc2ccc(CCCO)cc2o1. The molecule has 0 atom stereocenters. The highest BCUT2D eigenvalue weighted by atomic mass is 16.3. The van der Waals surface area contributed by atoms with Gasteiger partial charge in [-0.3, -0.25) is 0 Å². The van der Waals surface area contributed by atoms with Gasteiger partial charge in [0.05, 0.1) is 0 Å². The third-order valence-corrected chi connectivity index (χ3v) is 2.59. The summed E-state index contributed by atoms with van der Waals surface area (Å²) < 4.78 is 5.68. The van der Waals surface area contributed by atoms with Crippen molar-refractivity contribution in [3.8, 4) is 0 Å². The Morgan fingerprint density at radius 1 is 1.38 bits per heavy atom. The number of hydrogen-bond donors (Lipinski definition) is 1. The molecule has 3 heteroatoms. The van der Waals surface area contributed by atoms with Crippen LogP contribution in [0.2, 0.25) is 0 Å². The average Bonchev–Trinajstić information content (AvgIpc) is 2.69. The molecule has 0 fully saturated rings. The van der Waals surface area contributed by atoms with Gasteiger partial charge < -0.3 is 9.52 Å². The van der Waals surface area contributed by atoms with Crippen molar-refractivity contribution in [1.29, 1.82) is 0 Å². The Labute approximate surface area is 95.1 Å². The monoisotopic (exact) mass is 219 g/mol. The van der Waals surface area contributed by atoms with E-state index in [0.29, 0.717) is 5.92 Å². The number of benzene rings is 1. The molecule has 1 aromatic heterocycles.